The van der Waals surface area contributed by atoms with Gasteiger partial charge in [-0.25, -0.2) is 0 Å². The van der Waals surface area contributed by atoms with Gasteiger partial charge in [0.1, 0.15) is 0 Å². The van der Waals surface area contributed by atoms with Crippen LogP contribution < -0.4 is 5.32 Å². The Hall–Kier alpha value is -2.62. The lowest BCUT2D eigenvalue weighted by molar-refractivity contribution is 0.970. The minimum absolute atomic E-state index is 0.646. The summed E-state index contributed by atoms with van der Waals surface area (Å²) in [7, 11) is 2.05. The van der Waals surface area contributed by atoms with Gasteiger partial charge in [0, 0.05) is 29.9 Å². The molecule has 0 radical (unpaired) electrons. The van der Waals surface area contributed by atoms with Crippen molar-refractivity contribution in [3.05, 3.63) is 94.6 Å². The van der Waals surface area contributed by atoms with Gasteiger partial charge in [-0.15, -0.1) is 0 Å². The molecular weight excluding hydrogens is 372 g/mol. The number of nitrogens with one attached hydrogen (secondary N) is 1. The second kappa shape index (κ2) is 7.18. The van der Waals surface area contributed by atoms with E-state index in [2.05, 4.69) is 47.3 Å². The average molecular weight is 391 g/mol. The van der Waals surface area contributed by atoms with Crippen molar-refractivity contribution >= 4 is 51.0 Å². The van der Waals surface area contributed by atoms with Gasteiger partial charge < -0.3 is 9.88 Å². The molecule has 1 heterocycles. The molecular formula is C23H19ClN2S. The van der Waals surface area contributed by atoms with Crippen LogP contribution in [0.25, 0.3) is 10.9 Å². The summed E-state index contributed by atoms with van der Waals surface area (Å²) in [6.45, 7) is 2.06. The quantitative estimate of drug-likeness (QED) is 0.310. The normalized spacial score (nSPS) is 10.9. The van der Waals surface area contributed by atoms with Crippen LogP contribution in [-0.2, 0) is 7.05 Å². The molecule has 4 rings (SSSR count). The number of halogens is 1. The largest absolute Gasteiger partial charge is 0.354 e. The van der Waals surface area contributed by atoms with Gasteiger partial charge >= 0.3 is 0 Å². The first kappa shape index (κ1) is 17.8. The smallest absolute Gasteiger partial charge is 0.0716 e. The van der Waals surface area contributed by atoms with Crippen molar-refractivity contribution in [3.8, 4) is 0 Å². The molecule has 27 heavy (non-hydrogen) atoms. The van der Waals surface area contributed by atoms with Crippen LogP contribution in [0.1, 0.15) is 16.7 Å². The Balaban J connectivity index is 1.67. The molecule has 4 heteroatoms. The number of rotatable bonds is 4. The first-order valence-electron chi connectivity index (χ1n) is 8.75. The Labute approximate surface area is 169 Å². The van der Waals surface area contributed by atoms with Gasteiger partial charge in [0.2, 0.25) is 0 Å². The van der Waals surface area contributed by atoms with E-state index in [4.69, 9.17) is 23.8 Å². The van der Waals surface area contributed by atoms with E-state index in [-0.39, 0.29) is 0 Å². The topological polar surface area (TPSA) is 17.0 Å². The molecule has 0 aliphatic rings. The van der Waals surface area contributed by atoms with Crippen LogP contribution >= 0.6 is 23.8 Å². The third-order valence-corrected chi connectivity index (χ3v) is 5.53. The highest BCUT2D eigenvalue weighted by molar-refractivity contribution is 7.81. The van der Waals surface area contributed by atoms with E-state index in [0.717, 1.165) is 38.4 Å². The molecule has 0 amide bonds. The molecule has 0 saturated carbocycles. The molecule has 4 aromatic rings. The third kappa shape index (κ3) is 3.36. The summed E-state index contributed by atoms with van der Waals surface area (Å²) in [5.41, 5.74) is 6.21. The van der Waals surface area contributed by atoms with Gasteiger partial charge in [0.15, 0.2) is 0 Å². The SMILES string of the molecule is Cc1ccccc1C(=S)c1ccc(Nc2cccc3ccn(C)c23)cc1Cl. The van der Waals surface area contributed by atoms with Crippen molar-refractivity contribution in [1.29, 1.82) is 0 Å². The lowest BCUT2D eigenvalue weighted by Crippen LogP contribution is -2.03. The summed E-state index contributed by atoms with van der Waals surface area (Å²) in [6.07, 6.45) is 2.06. The van der Waals surface area contributed by atoms with Crippen LogP contribution in [0.15, 0.2) is 72.9 Å². The molecule has 3 aromatic carbocycles. The first-order valence-corrected chi connectivity index (χ1v) is 9.54. The summed E-state index contributed by atoms with van der Waals surface area (Å²) in [5.74, 6) is 0. The van der Waals surface area contributed by atoms with Crippen molar-refractivity contribution in [2.75, 3.05) is 5.32 Å². The maximum absolute atomic E-state index is 6.59. The van der Waals surface area contributed by atoms with E-state index in [9.17, 15) is 0 Å². The number of hydrogen-bond acceptors (Lipinski definition) is 2. The van der Waals surface area contributed by atoms with E-state index in [1.807, 2.05) is 49.5 Å². The van der Waals surface area contributed by atoms with Crippen molar-refractivity contribution < 1.29 is 0 Å². The van der Waals surface area contributed by atoms with Crippen molar-refractivity contribution in [1.82, 2.24) is 4.57 Å². The number of anilines is 2. The van der Waals surface area contributed by atoms with Gasteiger partial charge in [-0.1, -0.05) is 60.2 Å². The molecule has 134 valence electrons. The highest BCUT2D eigenvalue weighted by Crippen LogP contribution is 2.30. The van der Waals surface area contributed by atoms with Crippen LogP contribution in [0, 0.1) is 6.92 Å². The number of aromatic nitrogens is 1. The number of aryl methyl sites for hydroxylation is 2. The fourth-order valence-electron chi connectivity index (χ4n) is 3.36. The van der Waals surface area contributed by atoms with Crippen LogP contribution in [0.2, 0.25) is 5.02 Å². The number of benzene rings is 3. The summed E-state index contributed by atoms with van der Waals surface area (Å²) in [6, 6.07) is 22.4. The highest BCUT2D eigenvalue weighted by atomic mass is 35.5. The number of thiocarbonyl (C=S) groups is 1. The monoisotopic (exact) mass is 390 g/mol. The summed E-state index contributed by atoms with van der Waals surface area (Å²) in [5, 5.41) is 5.33. The van der Waals surface area contributed by atoms with Crippen LogP contribution in [-0.4, -0.2) is 9.43 Å². The molecule has 0 saturated heterocycles. The fraction of sp³-hybridized carbons (Fsp3) is 0.0870. The Kier molecular flexibility index (Phi) is 4.73. The fourth-order valence-corrected chi connectivity index (χ4v) is 4.10. The minimum atomic E-state index is 0.646. The summed E-state index contributed by atoms with van der Waals surface area (Å²) >= 11 is 12.3. The average Bonchev–Trinajstić information content (AvgIpc) is 3.04. The maximum atomic E-state index is 6.59. The van der Waals surface area contributed by atoms with Crippen molar-refractivity contribution in [3.63, 3.8) is 0 Å². The second-order valence-corrected chi connectivity index (χ2v) is 7.45. The Morgan fingerprint density at radius 3 is 2.56 bits per heavy atom. The van der Waals surface area contributed by atoms with E-state index in [1.54, 1.807) is 0 Å². The zero-order valence-corrected chi connectivity index (χ0v) is 16.7. The van der Waals surface area contributed by atoms with Gasteiger partial charge in [-0.2, -0.15) is 0 Å². The summed E-state index contributed by atoms with van der Waals surface area (Å²) in [4.78, 5) is 0.772. The second-order valence-electron chi connectivity index (χ2n) is 6.63. The van der Waals surface area contributed by atoms with E-state index in [1.165, 1.54) is 5.39 Å². The van der Waals surface area contributed by atoms with E-state index < -0.39 is 0 Å². The molecule has 0 fully saturated rings. The van der Waals surface area contributed by atoms with Crippen LogP contribution in [0.3, 0.4) is 0 Å². The summed E-state index contributed by atoms with van der Waals surface area (Å²) < 4.78 is 2.11. The van der Waals surface area contributed by atoms with E-state index in [0.29, 0.717) is 5.02 Å². The predicted molar refractivity (Wildman–Crippen MR) is 120 cm³/mol. The Morgan fingerprint density at radius 1 is 0.963 bits per heavy atom. The molecule has 0 spiro atoms. The number of para-hydroxylation sites is 1. The third-order valence-electron chi connectivity index (χ3n) is 4.78. The lowest BCUT2D eigenvalue weighted by atomic mass is 10.00. The first-order chi connectivity index (χ1) is 13.0. The standard InChI is InChI=1S/C23H19ClN2S/c1-15-6-3-4-8-18(15)23(27)19-11-10-17(14-20(19)24)25-21-9-5-7-16-12-13-26(2)22(16)21/h3-14,25H,1-2H3. The molecule has 0 atom stereocenters. The van der Waals surface area contributed by atoms with E-state index >= 15 is 0 Å². The Bertz CT molecular complexity index is 1160. The predicted octanol–water partition coefficient (Wildman–Crippen LogP) is 6.65. The zero-order valence-electron chi connectivity index (χ0n) is 15.2. The van der Waals surface area contributed by atoms with Gasteiger partial charge in [-0.3, -0.25) is 0 Å². The maximum Gasteiger partial charge on any atom is 0.0716 e. The van der Waals surface area contributed by atoms with Crippen LogP contribution in [0.4, 0.5) is 11.4 Å². The number of hydrogen-bond donors (Lipinski definition) is 1. The minimum Gasteiger partial charge on any atom is -0.354 e. The number of fused-ring (bicyclic) bond motifs is 1. The molecule has 2 nitrogen and oxygen atoms in total. The lowest BCUT2D eigenvalue weighted by Gasteiger charge is -2.13. The molecule has 0 aliphatic carbocycles. The highest BCUT2D eigenvalue weighted by Gasteiger charge is 2.12. The van der Waals surface area contributed by atoms with Crippen molar-refractivity contribution in [2.45, 2.75) is 6.92 Å². The van der Waals surface area contributed by atoms with Crippen LogP contribution in [0.5, 0.6) is 0 Å². The van der Waals surface area contributed by atoms with Gasteiger partial charge in [-0.05, 0) is 48.4 Å². The number of nitrogens with zero attached hydrogens (tertiary/aromatic N) is 1. The zero-order chi connectivity index (χ0) is 19.0. The molecule has 0 unspecified atom stereocenters. The van der Waals surface area contributed by atoms with Crippen molar-refractivity contribution in [2.24, 2.45) is 7.05 Å². The molecule has 0 aliphatic heterocycles. The molecule has 0 bridgehead atoms. The molecule has 1 N–H and O–H groups in total. The van der Waals surface area contributed by atoms with Gasteiger partial charge in [0.05, 0.1) is 21.1 Å². The Morgan fingerprint density at radius 2 is 1.78 bits per heavy atom. The van der Waals surface area contributed by atoms with Gasteiger partial charge in [0.25, 0.3) is 0 Å². The molecule has 1 aromatic heterocycles.